The van der Waals surface area contributed by atoms with Crippen LogP contribution in [0.5, 0.6) is 11.5 Å². The third kappa shape index (κ3) is 4.13. The first-order valence-corrected chi connectivity index (χ1v) is 7.49. The number of halogens is 1. The molecular weight excluding hydrogens is 286 g/mol. The fourth-order valence-electron chi connectivity index (χ4n) is 2.01. The zero-order valence-corrected chi connectivity index (χ0v) is 12.4. The second kappa shape index (κ2) is 6.37. The Balaban J connectivity index is 1.55. The molecule has 0 amide bonds. The van der Waals surface area contributed by atoms with Crippen molar-refractivity contribution in [2.45, 2.75) is 25.0 Å². The van der Waals surface area contributed by atoms with Crippen LogP contribution in [0, 0.1) is 0 Å². The van der Waals surface area contributed by atoms with Gasteiger partial charge in [0.15, 0.2) is 0 Å². The molecule has 110 valence electrons. The van der Waals surface area contributed by atoms with Crippen molar-refractivity contribution in [1.82, 2.24) is 0 Å². The quantitative estimate of drug-likeness (QED) is 0.878. The van der Waals surface area contributed by atoms with Gasteiger partial charge in [-0.2, -0.15) is 0 Å². The highest BCUT2D eigenvalue weighted by atomic mass is 35.5. The van der Waals surface area contributed by atoms with E-state index in [1.165, 1.54) is 0 Å². The van der Waals surface area contributed by atoms with Gasteiger partial charge in [0.1, 0.15) is 18.1 Å². The smallest absolute Gasteiger partial charge is 0.120 e. The van der Waals surface area contributed by atoms with E-state index in [1.807, 2.05) is 42.5 Å². The number of rotatable bonds is 6. The molecule has 2 aromatic rings. The van der Waals surface area contributed by atoms with Gasteiger partial charge in [-0.15, -0.1) is 0 Å². The van der Waals surface area contributed by atoms with E-state index in [1.54, 1.807) is 6.07 Å². The Kier molecular flexibility index (Phi) is 4.32. The van der Waals surface area contributed by atoms with Crippen LogP contribution in [0.15, 0.2) is 48.5 Å². The maximum atomic E-state index is 6.15. The molecule has 3 nitrogen and oxygen atoms in total. The standard InChI is InChI=1S/C17H18ClNO2/c18-13-2-1-3-16(10-13)20-11-17(19)12-4-6-14(7-5-12)21-15-8-9-15/h1-7,10,15,17H,8-9,11,19H2. The molecule has 4 heteroatoms. The summed E-state index contributed by atoms with van der Waals surface area (Å²) in [5.74, 6) is 1.64. The van der Waals surface area contributed by atoms with Crippen LogP contribution in [0.25, 0.3) is 0 Å². The summed E-state index contributed by atoms with van der Waals surface area (Å²) in [5, 5.41) is 0.655. The highest BCUT2D eigenvalue weighted by Crippen LogP contribution is 2.27. The van der Waals surface area contributed by atoms with Crippen LogP contribution in [0.2, 0.25) is 5.02 Å². The highest BCUT2D eigenvalue weighted by Gasteiger charge is 2.23. The lowest BCUT2D eigenvalue weighted by Gasteiger charge is -2.14. The SMILES string of the molecule is NC(COc1cccc(Cl)c1)c1ccc(OC2CC2)cc1. The van der Waals surface area contributed by atoms with E-state index < -0.39 is 0 Å². The van der Waals surface area contributed by atoms with Crippen molar-refractivity contribution in [3.63, 3.8) is 0 Å². The van der Waals surface area contributed by atoms with E-state index in [9.17, 15) is 0 Å². The minimum Gasteiger partial charge on any atom is -0.492 e. The monoisotopic (exact) mass is 303 g/mol. The van der Waals surface area contributed by atoms with E-state index in [2.05, 4.69) is 0 Å². The second-order valence-corrected chi connectivity index (χ2v) is 5.70. The summed E-state index contributed by atoms with van der Waals surface area (Å²) in [6.07, 6.45) is 2.74. The number of nitrogens with two attached hydrogens (primary N) is 1. The van der Waals surface area contributed by atoms with Gasteiger partial charge in [0, 0.05) is 5.02 Å². The van der Waals surface area contributed by atoms with Gasteiger partial charge < -0.3 is 15.2 Å². The topological polar surface area (TPSA) is 44.5 Å². The summed E-state index contributed by atoms with van der Waals surface area (Å²) in [6.45, 7) is 0.406. The lowest BCUT2D eigenvalue weighted by Crippen LogP contribution is -2.18. The summed E-state index contributed by atoms with van der Waals surface area (Å²) in [6, 6.07) is 15.0. The van der Waals surface area contributed by atoms with Gasteiger partial charge in [-0.25, -0.2) is 0 Å². The molecule has 1 aliphatic carbocycles. The first-order valence-electron chi connectivity index (χ1n) is 7.11. The van der Waals surface area contributed by atoms with E-state index in [-0.39, 0.29) is 6.04 Å². The van der Waals surface area contributed by atoms with Gasteiger partial charge in [0.2, 0.25) is 0 Å². The Labute approximate surface area is 129 Å². The maximum Gasteiger partial charge on any atom is 0.120 e. The first-order chi connectivity index (χ1) is 10.2. The van der Waals surface area contributed by atoms with Gasteiger partial charge in [0.05, 0.1) is 12.1 Å². The summed E-state index contributed by atoms with van der Waals surface area (Å²) < 4.78 is 11.4. The molecule has 1 unspecified atom stereocenters. The minimum absolute atomic E-state index is 0.182. The Morgan fingerprint density at radius 1 is 1.10 bits per heavy atom. The first kappa shape index (κ1) is 14.2. The highest BCUT2D eigenvalue weighted by molar-refractivity contribution is 6.30. The molecule has 0 spiro atoms. The average Bonchev–Trinajstić information content (AvgIpc) is 3.30. The predicted octanol–water partition coefficient (Wildman–Crippen LogP) is 3.96. The molecular formula is C17H18ClNO2. The van der Waals surface area contributed by atoms with Crippen molar-refractivity contribution >= 4 is 11.6 Å². The molecule has 0 heterocycles. The molecule has 0 aromatic heterocycles. The number of hydrogen-bond acceptors (Lipinski definition) is 3. The zero-order chi connectivity index (χ0) is 14.7. The molecule has 2 aromatic carbocycles. The summed E-state index contributed by atoms with van der Waals surface area (Å²) in [7, 11) is 0. The van der Waals surface area contributed by atoms with Gasteiger partial charge in [0.25, 0.3) is 0 Å². The zero-order valence-electron chi connectivity index (χ0n) is 11.7. The Morgan fingerprint density at radius 3 is 2.52 bits per heavy atom. The molecule has 2 N–H and O–H groups in total. The molecule has 0 saturated heterocycles. The molecule has 0 aliphatic heterocycles. The van der Waals surface area contributed by atoms with Crippen LogP contribution in [0.1, 0.15) is 24.4 Å². The van der Waals surface area contributed by atoms with E-state index in [0.29, 0.717) is 17.7 Å². The molecule has 0 radical (unpaired) electrons. The Morgan fingerprint density at radius 2 is 1.86 bits per heavy atom. The lowest BCUT2D eigenvalue weighted by atomic mass is 10.1. The summed E-state index contributed by atoms with van der Waals surface area (Å²) >= 11 is 5.92. The van der Waals surface area contributed by atoms with E-state index in [0.717, 1.165) is 29.9 Å². The third-order valence-electron chi connectivity index (χ3n) is 3.36. The van der Waals surface area contributed by atoms with Crippen LogP contribution in [-0.4, -0.2) is 12.7 Å². The number of ether oxygens (including phenoxy) is 2. The van der Waals surface area contributed by atoms with Gasteiger partial charge in [-0.1, -0.05) is 29.8 Å². The molecule has 1 saturated carbocycles. The number of hydrogen-bond donors (Lipinski definition) is 1. The van der Waals surface area contributed by atoms with Crippen LogP contribution in [0.4, 0.5) is 0 Å². The van der Waals surface area contributed by atoms with E-state index in [4.69, 9.17) is 26.8 Å². The molecule has 0 bridgehead atoms. The summed E-state index contributed by atoms with van der Waals surface area (Å²) in [4.78, 5) is 0. The molecule has 1 atom stereocenters. The van der Waals surface area contributed by atoms with Crippen LogP contribution in [0.3, 0.4) is 0 Å². The molecule has 1 aliphatic rings. The van der Waals surface area contributed by atoms with Gasteiger partial charge in [-0.05, 0) is 48.7 Å². The molecule has 3 rings (SSSR count). The molecule has 1 fully saturated rings. The van der Waals surface area contributed by atoms with Crippen LogP contribution in [-0.2, 0) is 0 Å². The fourth-order valence-corrected chi connectivity index (χ4v) is 2.19. The average molecular weight is 304 g/mol. The third-order valence-corrected chi connectivity index (χ3v) is 3.60. The largest absolute Gasteiger partial charge is 0.492 e. The van der Waals surface area contributed by atoms with Gasteiger partial charge >= 0.3 is 0 Å². The van der Waals surface area contributed by atoms with Crippen molar-refractivity contribution < 1.29 is 9.47 Å². The Hall–Kier alpha value is -1.71. The van der Waals surface area contributed by atoms with Crippen molar-refractivity contribution in [3.8, 4) is 11.5 Å². The maximum absolute atomic E-state index is 6.15. The molecule has 21 heavy (non-hydrogen) atoms. The van der Waals surface area contributed by atoms with Crippen molar-refractivity contribution in [3.05, 3.63) is 59.1 Å². The Bertz CT molecular complexity index is 596. The van der Waals surface area contributed by atoms with Crippen LogP contribution < -0.4 is 15.2 Å². The fraction of sp³-hybridized carbons (Fsp3) is 0.294. The van der Waals surface area contributed by atoms with Crippen LogP contribution >= 0.6 is 11.6 Å². The van der Waals surface area contributed by atoms with E-state index >= 15 is 0 Å². The van der Waals surface area contributed by atoms with Crippen molar-refractivity contribution in [2.24, 2.45) is 5.73 Å². The lowest BCUT2D eigenvalue weighted by molar-refractivity contribution is 0.289. The van der Waals surface area contributed by atoms with Crippen molar-refractivity contribution in [1.29, 1.82) is 0 Å². The van der Waals surface area contributed by atoms with Crippen molar-refractivity contribution in [2.75, 3.05) is 6.61 Å². The van der Waals surface area contributed by atoms with Gasteiger partial charge in [-0.3, -0.25) is 0 Å². The normalized spacial score (nSPS) is 15.5. The summed E-state index contributed by atoms with van der Waals surface area (Å²) in [5.41, 5.74) is 7.17. The number of benzene rings is 2. The minimum atomic E-state index is -0.182. The second-order valence-electron chi connectivity index (χ2n) is 5.26. The predicted molar refractivity (Wildman–Crippen MR) is 84.0 cm³/mol.